The Labute approximate surface area is 213 Å². The van der Waals surface area contributed by atoms with Crippen molar-refractivity contribution in [2.24, 2.45) is 0 Å². The Morgan fingerprint density at radius 1 is 1.03 bits per heavy atom. The fourth-order valence-corrected chi connectivity index (χ4v) is 3.72. The first kappa shape index (κ1) is 27.7. The molecule has 198 valence electrons. The van der Waals surface area contributed by atoms with Crippen molar-refractivity contribution < 1.29 is 22.8 Å². The van der Waals surface area contributed by atoms with Gasteiger partial charge in [-0.15, -0.1) is 5.10 Å². The molecule has 0 unspecified atom stereocenters. The molecular weight excluding hydrogens is 485 g/mol. The molecule has 0 aliphatic carbocycles. The number of anilines is 1. The molecule has 1 aromatic carbocycles. The number of halogens is 3. The highest BCUT2D eigenvalue weighted by Gasteiger charge is 2.35. The molecule has 0 fully saturated rings. The van der Waals surface area contributed by atoms with Crippen LogP contribution in [-0.4, -0.2) is 39.8 Å². The first-order valence-corrected chi connectivity index (χ1v) is 12.2. The first-order chi connectivity index (χ1) is 17.7. The van der Waals surface area contributed by atoms with Gasteiger partial charge in [-0.3, -0.25) is 14.6 Å². The standard InChI is InChI=1S/C26H31F3N6O2/c1-3-15-34(16-4-2)35-21(17-22(33-35)26(27,28)29)18-31-24(36)13-10-19-8-11-20(12-9-19)25(37)32-23-7-5-6-14-30-23/h5-9,11-12,14,17H,3-4,10,13,15-16,18H2,1-2H3,(H,31,36)(H,30,32,37). The minimum atomic E-state index is -4.57. The van der Waals surface area contributed by atoms with Crippen molar-refractivity contribution in [3.05, 3.63) is 77.2 Å². The minimum absolute atomic E-state index is 0.0710. The van der Waals surface area contributed by atoms with Crippen molar-refractivity contribution in [3.8, 4) is 0 Å². The summed E-state index contributed by atoms with van der Waals surface area (Å²) in [6, 6.07) is 13.0. The number of carbonyl (C=O) groups excluding carboxylic acids is 2. The third kappa shape index (κ3) is 8.06. The quantitative estimate of drug-likeness (QED) is 0.368. The van der Waals surface area contributed by atoms with Gasteiger partial charge in [-0.1, -0.05) is 32.0 Å². The molecule has 0 atom stereocenters. The summed E-state index contributed by atoms with van der Waals surface area (Å²) in [5.74, 6) is -0.140. The van der Waals surface area contributed by atoms with Crippen molar-refractivity contribution in [2.75, 3.05) is 23.4 Å². The van der Waals surface area contributed by atoms with Crippen molar-refractivity contribution in [1.29, 1.82) is 0 Å². The normalized spacial score (nSPS) is 11.3. The van der Waals surface area contributed by atoms with E-state index in [0.29, 0.717) is 30.9 Å². The van der Waals surface area contributed by atoms with Crippen LogP contribution in [0.4, 0.5) is 19.0 Å². The second kappa shape index (κ2) is 12.9. The number of alkyl halides is 3. The lowest BCUT2D eigenvalue weighted by Crippen LogP contribution is -2.39. The zero-order valence-corrected chi connectivity index (χ0v) is 20.9. The predicted molar refractivity (Wildman–Crippen MR) is 135 cm³/mol. The molecule has 3 aromatic rings. The van der Waals surface area contributed by atoms with E-state index in [9.17, 15) is 22.8 Å². The van der Waals surface area contributed by atoms with Crippen LogP contribution in [0.2, 0.25) is 0 Å². The summed E-state index contributed by atoms with van der Waals surface area (Å²) in [7, 11) is 0. The second-order valence-electron chi connectivity index (χ2n) is 8.50. The summed E-state index contributed by atoms with van der Waals surface area (Å²) < 4.78 is 39.9. The number of amides is 2. The number of hydrogen-bond acceptors (Lipinski definition) is 5. The highest BCUT2D eigenvalue weighted by atomic mass is 19.4. The van der Waals surface area contributed by atoms with E-state index in [1.807, 2.05) is 13.8 Å². The number of benzene rings is 1. The van der Waals surface area contributed by atoms with Crippen LogP contribution >= 0.6 is 0 Å². The Bertz CT molecular complexity index is 1160. The highest BCUT2D eigenvalue weighted by molar-refractivity contribution is 6.03. The molecule has 0 saturated heterocycles. The number of nitrogens with zero attached hydrogens (tertiary/aromatic N) is 4. The van der Waals surface area contributed by atoms with E-state index in [2.05, 4.69) is 20.7 Å². The third-order valence-corrected chi connectivity index (χ3v) is 5.51. The molecule has 0 spiro atoms. The lowest BCUT2D eigenvalue weighted by atomic mass is 10.1. The van der Waals surface area contributed by atoms with Gasteiger partial charge in [0, 0.05) is 31.3 Å². The monoisotopic (exact) mass is 516 g/mol. The van der Waals surface area contributed by atoms with E-state index in [1.165, 1.54) is 4.79 Å². The molecule has 3 rings (SSSR count). The largest absolute Gasteiger partial charge is 0.435 e. The van der Waals surface area contributed by atoms with E-state index in [1.54, 1.807) is 53.7 Å². The molecule has 8 nitrogen and oxygen atoms in total. The van der Waals surface area contributed by atoms with Crippen LogP contribution in [0.25, 0.3) is 0 Å². The highest BCUT2D eigenvalue weighted by Crippen LogP contribution is 2.28. The van der Waals surface area contributed by atoms with Crippen molar-refractivity contribution in [2.45, 2.75) is 52.3 Å². The Morgan fingerprint density at radius 3 is 2.32 bits per heavy atom. The molecule has 2 aromatic heterocycles. The zero-order valence-electron chi connectivity index (χ0n) is 20.9. The van der Waals surface area contributed by atoms with Gasteiger partial charge in [0.25, 0.3) is 5.91 Å². The van der Waals surface area contributed by atoms with E-state index in [-0.39, 0.29) is 30.5 Å². The number of nitrogens with one attached hydrogen (secondary N) is 2. The Hall–Kier alpha value is -3.89. The van der Waals surface area contributed by atoms with E-state index in [0.717, 1.165) is 24.5 Å². The van der Waals surface area contributed by atoms with Crippen LogP contribution in [0.15, 0.2) is 54.7 Å². The van der Waals surface area contributed by atoms with Gasteiger partial charge in [0.05, 0.1) is 12.2 Å². The summed E-state index contributed by atoms with van der Waals surface area (Å²) in [5.41, 5.74) is 0.592. The third-order valence-electron chi connectivity index (χ3n) is 5.51. The van der Waals surface area contributed by atoms with Gasteiger partial charge < -0.3 is 10.6 Å². The lowest BCUT2D eigenvalue weighted by molar-refractivity contribution is -0.141. The molecule has 0 aliphatic rings. The number of pyridine rings is 1. The first-order valence-electron chi connectivity index (χ1n) is 12.2. The number of aryl methyl sites for hydroxylation is 1. The maximum atomic E-state index is 13.3. The van der Waals surface area contributed by atoms with Crippen LogP contribution in [0.1, 0.15) is 60.4 Å². The molecule has 0 radical (unpaired) electrons. The number of aromatic nitrogens is 3. The van der Waals surface area contributed by atoms with Crippen LogP contribution in [0, 0.1) is 0 Å². The summed E-state index contributed by atoms with van der Waals surface area (Å²) in [6.45, 7) is 4.90. The predicted octanol–water partition coefficient (Wildman–Crippen LogP) is 4.56. The fraction of sp³-hybridized carbons (Fsp3) is 0.385. The summed E-state index contributed by atoms with van der Waals surface area (Å²) in [5, 5.41) is 10.9. The van der Waals surface area contributed by atoms with Gasteiger partial charge in [0.2, 0.25) is 5.91 Å². The number of hydrogen-bond donors (Lipinski definition) is 2. The molecule has 37 heavy (non-hydrogen) atoms. The van der Waals surface area contributed by atoms with Crippen LogP contribution in [0.3, 0.4) is 0 Å². The smallest absolute Gasteiger partial charge is 0.350 e. The van der Waals surface area contributed by atoms with E-state index in [4.69, 9.17) is 0 Å². The van der Waals surface area contributed by atoms with Gasteiger partial charge in [0.1, 0.15) is 5.82 Å². The van der Waals surface area contributed by atoms with Crippen LogP contribution in [0.5, 0.6) is 0 Å². The van der Waals surface area contributed by atoms with Crippen LogP contribution < -0.4 is 15.6 Å². The van der Waals surface area contributed by atoms with Crippen LogP contribution in [-0.2, 0) is 23.9 Å². The van der Waals surface area contributed by atoms with Gasteiger partial charge in [-0.2, -0.15) is 18.0 Å². The van der Waals surface area contributed by atoms with Crippen molar-refractivity contribution >= 4 is 17.6 Å². The molecular formula is C26H31F3N6O2. The number of rotatable bonds is 12. The number of carbonyl (C=O) groups is 2. The minimum Gasteiger partial charge on any atom is -0.350 e. The van der Waals surface area contributed by atoms with Gasteiger partial charge in [-0.05, 0) is 55.2 Å². The summed E-state index contributed by atoms with van der Waals surface area (Å²) in [6.07, 6.45) is -0.937. The molecule has 2 amide bonds. The van der Waals surface area contributed by atoms with E-state index >= 15 is 0 Å². The molecule has 0 bridgehead atoms. The zero-order chi connectivity index (χ0) is 26.8. The average Bonchev–Trinajstić information content (AvgIpc) is 3.32. The van der Waals surface area contributed by atoms with Gasteiger partial charge in [0.15, 0.2) is 5.69 Å². The molecule has 2 heterocycles. The maximum Gasteiger partial charge on any atom is 0.435 e. The average molecular weight is 517 g/mol. The fourth-order valence-electron chi connectivity index (χ4n) is 3.72. The maximum absolute atomic E-state index is 13.3. The molecule has 0 aliphatic heterocycles. The summed E-state index contributed by atoms with van der Waals surface area (Å²) >= 11 is 0. The van der Waals surface area contributed by atoms with Gasteiger partial charge >= 0.3 is 6.18 Å². The Balaban J connectivity index is 1.56. The SMILES string of the molecule is CCCN(CCC)n1nc(C(F)(F)F)cc1CNC(=O)CCc1ccc(C(=O)Nc2ccccn2)cc1. The van der Waals surface area contributed by atoms with Gasteiger partial charge in [-0.25, -0.2) is 4.98 Å². The Morgan fingerprint density at radius 2 is 1.73 bits per heavy atom. The second-order valence-corrected chi connectivity index (χ2v) is 8.50. The molecule has 0 saturated carbocycles. The Kier molecular flexibility index (Phi) is 9.64. The van der Waals surface area contributed by atoms with Crippen molar-refractivity contribution in [1.82, 2.24) is 20.2 Å². The van der Waals surface area contributed by atoms with E-state index < -0.39 is 11.9 Å². The summed E-state index contributed by atoms with van der Waals surface area (Å²) in [4.78, 5) is 30.1. The molecule has 2 N–H and O–H groups in total. The molecule has 11 heteroatoms. The van der Waals surface area contributed by atoms with Crippen molar-refractivity contribution in [3.63, 3.8) is 0 Å². The lowest BCUT2D eigenvalue weighted by Gasteiger charge is -2.25. The topological polar surface area (TPSA) is 92.2 Å².